The zero-order chi connectivity index (χ0) is 13.1. The van der Waals surface area contributed by atoms with Crippen LogP contribution in [0.2, 0.25) is 0 Å². The minimum atomic E-state index is 0.0661. The van der Waals surface area contributed by atoms with Gasteiger partial charge in [-0.25, -0.2) is 9.97 Å². The highest BCUT2D eigenvalue weighted by atomic mass is 32.2. The van der Waals surface area contributed by atoms with Crippen LogP contribution in [0.25, 0.3) is 0 Å². The van der Waals surface area contributed by atoms with E-state index in [4.69, 9.17) is 10.9 Å². The predicted octanol–water partition coefficient (Wildman–Crippen LogP) is 2.40. The number of aromatic nitrogens is 2. The fourth-order valence-corrected chi connectivity index (χ4v) is 3.36. The molecule has 0 spiro atoms. The van der Waals surface area contributed by atoms with Crippen LogP contribution in [0.3, 0.4) is 0 Å². The van der Waals surface area contributed by atoms with E-state index in [9.17, 15) is 0 Å². The number of thiazole rings is 1. The maximum atomic E-state index is 8.82. The van der Waals surface area contributed by atoms with Crippen LogP contribution < -0.4 is 5.73 Å². The molecule has 0 atom stereocenters. The molecule has 0 amide bonds. The smallest absolute Gasteiger partial charge is 0.173 e. The number of nitrogens with zero attached hydrogens (tertiary/aromatic N) is 3. The molecule has 0 aliphatic heterocycles. The van der Waals surface area contributed by atoms with Gasteiger partial charge in [-0.1, -0.05) is 5.16 Å². The third-order valence-corrected chi connectivity index (χ3v) is 4.33. The summed E-state index contributed by atoms with van der Waals surface area (Å²) in [6, 6.07) is 1.82. The molecule has 0 aliphatic carbocycles. The number of pyridine rings is 1. The van der Waals surface area contributed by atoms with E-state index in [0.29, 0.717) is 10.6 Å². The molecular weight excluding hydrogens is 268 g/mol. The monoisotopic (exact) mass is 280 g/mol. The van der Waals surface area contributed by atoms with Crippen LogP contribution in [0, 0.1) is 13.8 Å². The van der Waals surface area contributed by atoms with E-state index in [0.717, 1.165) is 15.6 Å². The Balaban J connectivity index is 2.41. The van der Waals surface area contributed by atoms with Crippen LogP contribution in [0.1, 0.15) is 16.8 Å². The SMILES string of the molecule is Cc1csc(Sc2nccc(C)c2/C(N)=N/O)n1. The van der Waals surface area contributed by atoms with E-state index in [1.807, 2.05) is 25.3 Å². The van der Waals surface area contributed by atoms with Gasteiger partial charge in [0, 0.05) is 17.3 Å². The van der Waals surface area contributed by atoms with Gasteiger partial charge in [0.1, 0.15) is 5.03 Å². The molecule has 0 saturated carbocycles. The zero-order valence-electron chi connectivity index (χ0n) is 9.91. The Kier molecular flexibility index (Phi) is 3.83. The summed E-state index contributed by atoms with van der Waals surface area (Å²) in [4.78, 5) is 8.63. The lowest BCUT2D eigenvalue weighted by Crippen LogP contribution is -2.16. The fraction of sp³-hybridized carbons (Fsp3) is 0.182. The van der Waals surface area contributed by atoms with Crippen molar-refractivity contribution in [1.82, 2.24) is 9.97 Å². The first-order valence-electron chi connectivity index (χ1n) is 5.15. The Morgan fingerprint density at radius 3 is 2.89 bits per heavy atom. The van der Waals surface area contributed by atoms with Crippen LogP contribution in [0.4, 0.5) is 0 Å². The second kappa shape index (κ2) is 5.36. The molecule has 0 unspecified atom stereocenters. The molecular formula is C11H12N4OS2. The van der Waals surface area contributed by atoms with Crippen LogP contribution >= 0.6 is 23.1 Å². The molecule has 7 heteroatoms. The first-order valence-corrected chi connectivity index (χ1v) is 6.85. The molecule has 2 aromatic heterocycles. The van der Waals surface area contributed by atoms with Crippen molar-refractivity contribution in [3.63, 3.8) is 0 Å². The van der Waals surface area contributed by atoms with Gasteiger partial charge in [-0.3, -0.25) is 0 Å². The van der Waals surface area contributed by atoms with Gasteiger partial charge in [-0.05, 0) is 37.2 Å². The normalized spacial score (nSPS) is 11.8. The molecule has 5 nitrogen and oxygen atoms in total. The standard InChI is InChI=1S/C11H12N4OS2/c1-6-3-4-13-10(8(6)9(12)15-16)18-11-14-7(2)5-17-11/h3-5,16H,1-2H3,(H2,12,15). The number of amidine groups is 1. The molecule has 2 rings (SSSR count). The Labute approximate surface area is 113 Å². The Morgan fingerprint density at radius 2 is 2.28 bits per heavy atom. The lowest BCUT2D eigenvalue weighted by molar-refractivity contribution is 0.318. The van der Waals surface area contributed by atoms with Crippen LogP contribution in [-0.2, 0) is 0 Å². The first kappa shape index (κ1) is 12.8. The lowest BCUT2D eigenvalue weighted by atomic mass is 10.1. The third-order valence-electron chi connectivity index (χ3n) is 2.27. The fourth-order valence-electron chi connectivity index (χ4n) is 1.43. The third kappa shape index (κ3) is 2.62. The highest BCUT2D eigenvalue weighted by Gasteiger charge is 2.14. The van der Waals surface area contributed by atoms with Crippen molar-refractivity contribution >= 4 is 28.9 Å². The largest absolute Gasteiger partial charge is 0.409 e. The van der Waals surface area contributed by atoms with Crippen molar-refractivity contribution in [2.24, 2.45) is 10.9 Å². The molecule has 0 saturated heterocycles. The van der Waals surface area contributed by atoms with Crippen molar-refractivity contribution in [2.45, 2.75) is 23.2 Å². The van der Waals surface area contributed by atoms with Crippen LogP contribution in [0.15, 0.2) is 32.2 Å². The zero-order valence-corrected chi connectivity index (χ0v) is 11.5. The summed E-state index contributed by atoms with van der Waals surface area (Å²) in [6.07, 6.45) is 1.70. The predicted molar refractivity (Wildman–Crippen MR) is 72.5 cm³/mol. The number of nitrogens with two attached hydrogens (primary N) is 1. The van der Waals surface area contributed by atoms with Gasteiger partial charge in [-0.15, -0.1) is 11.3 Å². The molecule has 0 bridgehead atoms. The van der Waals surface area contributed by atoms with E-state index in [2.05, 4.69) is 15.1 Å². The average Bonchev–Trinajstić information content (AvgIpc) is 2.74. The van der Waals surface area contributed by atoms with Gasteiger partial charge >= 0.3 is 0 Å². The summed E-state index contributed by atoms with van der Waals surface area (Å²) in [7, 11) is 0. The number of oxime groups is 1. The van der Waals surface area contributed by atoms with Gasteiger partial charge in [0.25, 0.3) is 0 Å². The van der Waals surface area contributed by atoms with Crippen molar-refractivity contribution in [2.75, 3.05) is 0 Å². The van der Waals surface area contributed by atoms with Crippen LogP contribution in [0.5, 0.6) is 0 Å². The van der Waals surface area contributed by atoms with Gasteiger partial charge in [-0.2, -0.15) is 0 Å². The Hall–Kier alpha value is -1.60. The van der Waals surface area contributed by atoms with E-state index in [1.165, 1.54) is 11.8 Å². The molecule has 2 heterocycles. The maximum Gasteiger partial charge on any atom is 0.173 e. The number of hydrogen-bond acceptors (Lipinski definition) is 6. The molecule has 0 radical (unpaired) electrons. The minimum Gasteiger partial charge on any atom is -0.409 e. The number of rotatable bonds is 3. The van der Waals surface area contributed by atoms with E-state index in [1.54, 1.807) is 17.5 Å². The number of aryl methyl sites for hydroxylation is 2. The minimum absolute atomic E-state index is 0.0661. The van der Waals surface area contributed by atoms with Gasteiger partial charge in [0.15, 0.2) is 10.2 Å². The Bertz CT molecular complexity index is 594. The molecule has 18 heavy (non-hydrogen) atoms. The second-order valence-corrected chi connectivity index (χ2v) is 5.74. The van der Waals surface area contributed by atoms with Gasteiger partial charge < -0.3 is 10.9 Å². The highest BCUT2D eigenvalue weighted by molar-refractivity contribution is 8.01. The summed E-state index contributed by atoms with van der Waals surface area (Å²) >= 11 is 2.96. The van der Waals surface area contributed by atoms with E-state index >= 15 is 0 Å². The van der Waals surface area contributed by atoms with Crippen LogP contribution in [-0.4, -0.2) is 21.0 Å². The molecule has 3 N–H and O–H groups in total. The topological polar surface area (TPSA) is 84.4 Å². The molecule has 2 aromatic rings. The van der Waals surface area contributed by atoms with E-state index in [-0.39, 0.29) is 5.84 Å². The second-order valence-electron chi connectivity index (χ2n) is 3.65. The van der Waals surface area contributed by atoms with Gasteiger partial charge in [0.2, 0.25) is 0 Å². The van der Waals surface area contributed by atoms with Crippen molar-refractivity contribution < 1.29 is 5.21 Å². The number of hydrogen-bond donors (Lipinski definition) is 2. The summed E-state index contributed by atoms with van der Waals surface area (Å²) in [6.45, 7) is 3.83. The van der Waals surface area contributed by atoms with E-state index < -0.39 is 0 Å². The van der Waals surface area contributed by atoms with Crippen molar-refractivity contribution in [1.29, 1.82) is 0 Å². The van der Waals surface area contributed by atoms with Crippen molar-refractivity contribution in [3.8, 4) is 0 Å². The lowest BCUT2D eigenvalue weighted by Gasteiger charge is -2.08. The first-order chi connectivity index (χ1) is 8.61. The summed E-state index contributed by atoms with van der Waals surface area (Å²) in [5.74, 6) is 0.0661. The van der Waals surface area contributed by atoms with Crippen molar-refractivity contribution in [3.05, 3.63) is 34.5 Å². The summed E-state index contributed by atoms with van der Waals surface area (Å²) in [5, 5.41) is 14.5. The highest BCUT2D eigenvalue weighted by Crippen LogP contribution is 2.32. The molecule has 0 aromatic carbocycles. The quantitative estimate of drug-likeness (QED) is 0.390. The average molecular weight is 280 g/mol. The maximum absolute atomic E-state index is 8.82. The molecule has 0 fully saturated rings. The van der Waals surface area contributed by atoms with Gasteiger partial charge in [0.05, 0.1) is 5.56 Å². The Morgan fingerprint density at radius 1 is 1.50 bits per heavy atom. The summed E-state index contributed by atoms with van der Waals surface area (Å²) in [5.41, 5.74) is 8.22. The molecule has 0 aliphatic rings. The molecule has 94 valence electrons. The summed E-state index contributed by atoms with van der Waals surface area (Å²) < 4.78 is 0.887.